The molecule has 0 N–H and O–H groups in total. The number of pyridine rings is 1. The van der Waals surface area contributed by atoms with Gasteiger partial charge in [0.1, 0.15) is 12.4 Å². The molecular weight excluding hydrogens is 252 g/mol. The lowest BCUT2D eigenvalue weighted by Crippen LogP contribution is -2.02. The topological polar surface area (TPSA) is 43.5 Å². The molecule has 0 aliphatic heterocycles. The molecule has 0 saturated carbocycles. The number of hydrogen-bond donors (Lipinski definition) is 0. The summed E-state index contributed by atoms with van der Waals surface area (Å²) in [5.41, 5.74) is 3.66. The molecule has 0 amide bonds. The molecule has 0 aliphatic carbocycles. The van der Waals surface area contributed by atoms with Crippen LogP contribution in [-0.2, 0) is 6.61 Å². The molecule has 1 aromatic heterocycles. The molecule has 1 heterocycles. The Hall–Kier alpha value is -2.67. The number of carbonyl (C=O) groups excluding carboxylic acids is 1. The third kappa shape index (κ3) is 2.83. The van der Waals surface area contributed by atoms with Gasteiger partial charge in [-0.3, -0.25) is 9.78 Å². The monoisotopic (exact) mass is 266 g/mol. The van der Waals surface area contributed by atoms with Crippen LogP contribution >= 0.6 is 0 Å². The molecule has 0 atom stereocenters. The molecule has 0 spiro atoms. The Morgan fingerprint density at radius 3 is 2.60 bits per heavy atom. The van der Waals surface area contributed by atoms with Crippen molar-refractivity contribution in [1.82, 2.24) is 4.98 Å². The fourth-order valence-electron chi connectivity index (χ4n) is 1.88. The van der Waals surface area contributed by atoms with E-state index in [9.17, 15) is 4.79 Å². The van der Waals surface area contributed by atoms with Crippen molar-refractivity contribution < 1.29 is 9.53 Å². The Bertz CT molecular complexity index is 670. The maximum Gasteiger partial charge on any atom is 0.187 e. The summed E-state index contributed by atoms with van der Waals surface area (Å²) in [6.45, 7) is 11.0. The smallest absolute Gasteiger partial charge is 0.187 e. The van der Waals surface area contributed by atoms with Crippen molar-refractivity contribution in [1.29, 1.82) is 0 Å². The predicted molar refractivity (Wildman–Crippen MR) is 76.1 cm³/mol. The molecule has 20 heavy (non-hydrogen) atoms. The van der Waals surface area contributed by atoms with Gasteiger partial charge in [-0.15, -0.1) is 0 Å². The van der Waals surface area contributed by atoms with Crippen LogP contribution in [0.2, 0.25) is 0 Å². The zero-order valence-corrected chi connectivity index (χ0v) is 11.4. The first-order chi connectivity index (χ1) is 9.65. The van der Waals surface area contributed by atoms with Crippen molar-refractivity contribution in [2.75, 3.05) is 0 Å². The van der Waals surface area contributed by atoms with Gasteiger partial charge in [-0.2, -0.15) is 0 Å². The summed E-state index contributed by atoms with van der Waals surface area (Å²) in [6, 6.07) is 7.22. The van der Waals surface area contributed by atoms with Crippen LogP contribution in [-0.4, -0.2) is 11.3 Å². The van der Waals surface area contributed by atoms with Gasteiger partial charge in [0.2, 0.25) is 0 Å². The van der Waals surface area contributed by atoms with E-state index in [0.29, 0.717) is 23.6 Å². The molecule has 1 aromatic carbocycles. The van der Waals surface area contributed by atoms with Crippen LogP contribution in [0.1, 0.15) is 27.2 Å². The summed E-state index contributed by atoms with van der Waals surface area (Å²) in [6.07, 6.45) is 2.33. The van der Waals surface area contributed by atoms with Crippen molar-refractivity contribution in [3.8, 4) is 5.75 Å². The molecule has 0 fully saturated rings. The maximum absolute atomic E-state index is 10.9. The van der Waals surface area contributed by atoms with Crippen LogP contribution in [0, 0.1) is 20.4 Å². The number of ether oxygens (including phenoxy) is 1. The molecule has 0 unspecified atom stereocenters. The number of benzene rings is 1. The van der Waals surface area contributed by atoms with E-state index >= 15 is 0 Å². The molecule has 2 rings (SSSR count). The van der Waals surface area contributed by atoms with Crippen molar-refractivity contribution in [2.24, 2.45) is 0 Å². The third-order valence-electron chi connectivity index (χ3n) is 3.08. The number of hydrogen-bond acceptors (Lipinski definition) is 3. The second-order valence-electron chi connectivity index (χ2n) is 4.44. The molecule has 4 nitrogen and oxygen atoms in total. The maximum atomic E-state index is 10.9. The number of aldehydes is 1. The normalized spacial score (nSPS) is 9.85. The molecule has 0 radical (unpaired) electrons. The molecule has 0 aliphatic rings. The van der Waals surface area contributed by atoms with Crippen LogP contribution in [0.5, 0.6) is 5.75 Å². The van der Waals surface area contributed by atoms with Gasteiger partial charge in [0.25, 0.3) is 0 Å². The van der Waals surface area contributed by atoms with Crippen LogP contribution in [0.15, 0.2) is 30.5 Å². The fourth-order valence-corrected chi connectivity index (χ4v) is 1.88. The molecule has 0 bridgehead atoms. The first kappa shape index (κ1) is 13.8. The van der Waals surface area contributed by atoms with Crippen LogP contribution < -0.4 is 4.74 Å². The van der Waals surface area contributed by atoms with Crippen molar-refractivity contribution in [3.05, 3.63) is 64.3 Å². The van der Waals surface area contributed by atoms with Crippen LogP contribution in [0.3, 0.4) is 0 Å². The zero-order chi connectivity index (χ0) is 14.5. The minimum absolute atomic E-state index is 0.379. The van der Waals surface area contributed by atoms with Gasteiger partial charge in [0.15, 0.2) is 12.0 Å². The number of aryl methyl sites for hydroxylation is 1. The van der Waals surface area contributed by atoms with Crippen molar-refractivity contribution in [2.45, 2.75) is 20.5 Å². The lowest BCUT2D eigenvalue weighted by atomic mass is 10.1. The lowest BCUT2D eigenvalue weighted by Gasteiger charge is -2.12. The van der Waals surface area contributed by atoms with E-state index in [1.807, 2.05) is 26.0 Å². The zero-order valence-electron chi connectivity index (χ0n) is 11.4. The average Bonchev–Trinajstić information content (AvgIpc) is 2.48. The van der Waals surface area contributed by atoms with E-state index in [0.717, 1.165) is 23.1 Å². The SMILES string of the molecule is [C-]#[N+]c1ccc(COc2c(C)ncc(C=O)c2C)cc1. The highest BCUT2D eigenvalue weighted by atomic mass is 16.5. The number of nitrogens with zero attached hydrogens (tertiary/aromatic N) is 2. The van der Waals surface area contributed by atoms with Gasteiger partial charge in [-0.25, -0.2) is 4.85 Å². The summed E-state index contributed by atoms with van der Waals surface area (Å²) in [4.78, 5) is 18.4. The van der Waals surface area contributed by atoms with Crippen molar-refractivity contribution in [3.63, 3.8) is 0 Å². The largest absolute Gasteiger partial charge is 0.487 e. The molecule has 0 saturated heterocycles. The molecule has 2 aromatic rings. The summed E-state index contributed by atoms with van der Waals surface area (Å²) in [5, 5.41) is 0. The first-order valence-corrected chi connectivity index (χ1v) is 6.16. The highest BCUT2D eigenvalue weighted by Crippen LogP contribution is 2.24. The average molecular weight is 266 g/mol. The Balaban J connectivity index is 2.18. The van der Waals surface area contributed by atoms with E-state index in [1.54, 1.807) is 18.3 Å². The standard InChI is InChI=1S/C16H14N2O2/c1-11-14(9-19)8-18-12(2)16(11)20-10-13-4-6-15(17-3)7-5-13/h4-9H,10H2,1-2H3. The summed E-state index contributed by atoms with van der Waals surface area (Å²) in [7, 11) is 0. The van der Waals surface area contributed by atoms with Gasteiger partial charge >= 0.3 is 0 Å². The van der Waals surface area contributed by atoms with Crippen LogP contribution in [0.25, 0.3) is 4.85 Å². The molecule has 4 heteroatoms. The Morgan fingerprint density at radius 1 is 1.30 bits per heavy atom. The van der Waals surface area contributed by atoms with E-state index in [2.05, 4.69) is 9.83 Å². The Kier molecular flexibility index (Phi) is 4.11. The molecule has 100 valence electrons. The van der Waals surface area contributed by atoms with Gasteiger partial charge in [0, 0.05) is 17.3 Å². The lowest BCUT2D eigenvalue weighted by molar-refractivity contribution is 0.112. The van der Waals surface area contributed by atoms with E-state index in [1.165, 1.54) is 0 Å². The van der Waals surface area contributed by atoms with Gasteiger partial charge in [-0.05, 0) is 19.4 Å². The highest BCUT2D eigenvalue weighted by Gasteiger charge is 2.09. The van der Waals surface area contributed by atoms with Crippen molar-refractivity contribution >= 4 is 12.0 Å². The summed E-state index contributed by atoms with van der Waals surface area (Å²) < 4.78 is 5.77. The van der Waals surface area contributed by atoms with Gasteiger partial charge < -0.3 is 4.74 Å². The minimum Gasteiger partial charge on any atom is -0.487 e. The summed E-state index contributed by atoms with van der Waals surface area (Å²) >= 11 is 0. The van der Waals surface area contributed by atoms with Gasteiger partial charge in [-0.1, -0.05) is 24.3 Å². The van der Waals surface area contributed by atoms with Crippen LogP contribution in [0.4, 0.5) is 5.69 Å². The third-order valence-corrected chi connectivity index (χ3v) is 3.08. The Labute approximate surface area is 117 Å². The van der Waals surface area contributed by atoms with Gasteiger partial charge in [0.05, 0.1) is 12.3 Å². The second-order valence-corrected chi connectivity index (χ2v) is 4.44. The van der Waals surface area contributed by atoms with E-state index < -0.39 is 0 Å². The minimum atomic E-state index is 0.379. The highest BCUT2D eigenvalue weighted by molar-refractivity contribution is 5.78. The number of rotatable bonds is 4. The van der Waals surface area contributed by atoms with E-state index in [-0.39, 0.29) is 0 Å². The van der Waals surface area contributed by atoms with E-state index in [4.69, 9.17) is 11.3 Å². The fraction of sp³-hybridized carbons (Fsp3) is 0.188. The second kappa shape index (κ2) is 5.98. The number of aromatic nitrogens is 1. The Morgan fingerprint density at radius 2 is 2.00 bits per heavy atom. The summed E-state index contributed by atoms with van der Waals surface area (Å²) in [5.74, 6) is 0.642. The predicted octanol–water partition coefficient (Wildman–Crippen LogP) is 3.64. The quantitative estimate of drug-likeness (QED) is 0.626. The molecular formula is C16H14N2O2. The number of carbonyl (C=O) groups is 1. The first-order valence-electron chi connectivity index (χ1n) is 6.16.